The van der Waals surface area contributed by atoms with Crippen LogP contribution < -0.4 is 0 Å². The molecule has 9 rings (SSSR count). The summed E-state index contributed by atoms with van der Waals surface area (Å²) in [5, 5.41) is 5.07. The summed E-state index contributed by atoms with van der Waals surface area (Å²) in [7, 11) is 0. The van der Waals surface area contributed by atoms with Gasteiger partial charge in [0, 0.05) is 54.0 Å². The first-order valence-electron chi connectivity index (χ1n) is 14.7. The third-order valence-corrected chi connectivity index (χ3v) is 9.67. The zero-order chi connectivity index (χ0) is 29.0. The summed E-state index contributed by atoms with van der Waals surface area (Å²) >= 11 is 1.87. The summed E-state index contributed by atoms with van der Waals surface area (Å²) in [4.78, 5) is 9.71. The second kappa shape index (κ2) is 10.0. The maximum Gasteiger partial charge on any atom is 0.159 e. The van der Waals surface area contributed by atoms with Gasteiger partial charge in [0.15, 0.2) is 5.82 Å². The van der Waals surface area contributed by atoms with Gasteiger partial charge in [-0.2, -0.15) is 0 Å². The SMILES string of the molecule is c1ccc(-c2cccc(-n3c4ccc(-c5nccc(-c6ccccc6)n5)cc4c4c5sc6ccccc6c5ccc43)c2)cc1. The van der Waals surface area contributed by atoms with Crippen LogP contribution in [-0.4, -0.2) is 14.5 Å². The van der Waals surface area contributed by atoms with E-state index in [1.165, 1.54) is 47.6 Å². The van der Waals surface area contributed by atoms with Gasteiger partial charge in [0.2, 0.25) is 0 Å². The van der Waals surface area contributed by atoms with Gasteiger partial charge in [-0.1, -0.05) is 97.1 Å². The van der Waals surface area contributed by atoms with Gasteiger partial charge in [0.05, 0.1) is 16.7 Å². The van der Waals surface area contributed by atoms with Crippen molar-refractivity contribution in [3.8, 4) is 39.5 Å². The maximum absolute atomic E-state index is 4.99. The lowest BCUT2D eigenvalue weighted by molar-refractivity contribution is 1.17. The molecule has 0 spiro atoms. The molecule has 0 aliphatic rings. The summed E-state index contributed by atoms with van der Waals surface area (Å²) in [6, 6.07) is 51.7. The minimum atomic E-state index is 0.726. The Morgan fingerprint density at radius 3 is 2.11 bits per heavy atom. The molecule has 0 aliphatic heterocycles. The second-order valence-electron chi connectivity index (χ2n) is 11.0. The van der Waals surface area contributed by atoms with Crippen molar-refractivity contribution in [1.82, 2.24) is 14.5 Å². The van der Waals surface area contributed by atoms with Gasteiger partial charge in [-0.15, -0.1) is 11.3 Å². The zero-order valence-electron chi connectivity index (χ0n) is 23.7. The third-order valence-electron chi connectivity index (χ3n) is 8.47. The fourth-order valence-corrected chi connectivity index (χ4v) is 7.69. The highest BCUT2D eigenvalue weighted by atomic mass is 32.1. The maximum atomic E-state index is 4.99. The molecule has 0 N–H and O–H groups in total. The van der Waals surface area contributed by atoms with E-state index in [0.29, 0.717) is 0 Å². The van der Waals surface area contributed by atoms with Crippen LogP contribution in [0.4, 0.5) is 0 Å². The van der Waals surface area contributed by atoms with Gasteiger partial charge in [-0.05, 0) is 59.7 Å². The predicted octanol–water partition coefficient (Wildman–Crippen LogP) is 10.9. The Morgan fingerprint density at radius 1 is 0.500 bits per heavy atom. The molecule has 0 atom stereocenters. The van der Waals surface area contributed by atoms with Crippen molar-refractivity contribution in [3.05, 3.63) is 152 Å². The quantitative estimate of drug-likeness (QED) is 0.208. The first kappa shape index (κ1) is 25.0. The Kier molecular flexibility index (Phi) is 5.68. The van der Waals surface area contributed by atoms with E-state index in [1.807, 2.05) is 41.8 Å². The van der Waals surface area contributed by atoms with Crippen molar-refractivity contribution in [3.63, 3.8) is 0 Å². The smallest absolute Gasteiger partial charge is 0.159 e. The van der Waals surface area contributed by atoms with Crippen LogP contribution in [0.1, 0.15) is 0 Å². The highest BCUT2D eigenvalue weighted by molar-refractivity contribution is 7.26. The second-order valence-corrected chi connectivity index (χ2v) is 12.1. The Labute approximate surface area is 258 Å². The molecule has 206 valence electrons. The van der Waals surface area contributed by atoms with E-state index in [0.717, 1.165) is 33.8 Å². The summed E-state index contributed by atoms with van der Waals surface area (Å²) in [6.07, 6.45) is 1.86. The molecule has 0 radical (unpaired) electrons. The van der Waals surface area contributed by atoms with Gasteiger partial charge in [0.25, 0.3) is 0 Å². The number of rotatable bonds is 4. The van der Waals surface area contributed by atoms with Gasteiger partial charge in [-0.3, -0.25) is 0 Å². The molecule has 0 unspecified atom stereocenters. The Hall–Kier alpha value is -5.58. The van der Waals surface area contributed by atoms with E-state index in [1.54, 1.807) is 0 Å². The van der Waals surface area contributed by atoms with Crippen LogP contribution in [0.2, 0.25) is 0 Å². The third kappa shape index (κ3) is 3.96. The molecule has 9 aromatic rings. The van der Waals surface area contributed by atoms with Crippen molar-refractivity contribution in [2.24, 2.45) is 0 Å². The van der Waals surface area contributed by atoms with Crippen molar-refractivity contribution in [2.45, 2.75) is 0 Å². The van der Waals surface area contributed by atoms with E-state index >= 15 is 0 Å². The van der Waals surface area contributed by atoms with E-state index in [4.69, 9.17) is 9.97 Å². The molecular formula is C40H25N3S. The molecule has 3 nitrogen and oxygen atoms in total. The van der Waals surface area contributed by atoms with Crippen molar-refractivity contribution in [2.75, 3.05) is 0 Å². The van der Waals surface area contributed by atoms with E-state index in [-0.39, 0.29) is 0 Å². The summed E-state index contributed by atoms with van der Waals surface area (Å²) < 4.78 is 5.02. The molecule has 0 saturated carbocycles. The van der Waals surface area contributed by atoms with Gasteiger partial charge < -0.3 is 4.57 Å². The van der Waals surface area contributed by atoms with Crippen LogP contribution in [0, 0.1) is 0 Å². The topological polar surface area (TPSA) is 30.7 Å². The first-order valence-corrected chi connectivity index (χ1v) is 15.6. The molecule has 6 aromatic carbocycles. The fourth-order valence-electron chi connectivity index (χ4n) is 6.43. The molecule has 3 heterocycles. The molecule has 0 fully saturated rings. The largest absolute Gasteiger partial charge is 0.309 e. The van der Waals surface area contributed by atoms with Crippen LogP contribution in [0.5, 0.6) is 0 Å². The van der Waals surface area contributed by atoms with E-state index in [2.05, 4.69) is 126 Å². The molecule has 44 heavy (non-hydrogen) atoms. The van der Waals surface area contributed by atoms with Crippen LogP contribution in [0.15, 0.2) is 152 Å². The number of benzene rings is 6. The summed E-state index contributed by atoms with van der Waals surface area (Å²) in [5.74, 6) is 0.726. The molecule has 4 heteroatoms. The van der Waals surface area contributed by atoms with Gasteiger partial charge in [-0.25, -0.2) is 9.97 Å². The van der Waals surface area contributed by atoms with Crippen LogP contribution in [-0.2, 0) is 0 Å². The van der Waals surface area contributed by atoms with E-state index < -0.39 is 0 Å². The Balaban J connectivity index is 1.32. The molecular weight excluding hydrogens is 555 g/mol. The van der Waals surface area contributed by atoms with E-state index in [9.17, 15) is 0 Å². The zero-order valence-corrected chi connectivity index (χ0v) is 24.5. The van der Waals surface area contributed by atoms with Crippen LogP contribution in [0.25, 0.3) is 81.4 Å². The molecule has 0 bridgehead atoms. The normalized spacial score (nSPS) is 11.6. The number of nitrogens with zero attached hydrogens (tertiary/aromatic N) is 3. The fraction of sp³-hybridized carbons (Fsp3) is 0. The van der Waals surface area contributed by atoms with Gasteiger partial charge >= 0.3 is 0 Å². The average Bonchev–Trinajstić information content (AvgIpc) is 3.64. The lowest BCUT2D eigenvalue weighted by Gasteiger charge is -2.11. The van der Waals surface area contributed by atoms with Gasteiger partial charge in [0.1, 0.15) is 0 Å². The molecule has 0 aliphatic carbocycles. The monoisotopic (exact) mass is 579 g/mol. The number of hydrogen-bond donors (Lipinski definition) is 0. The molecule has 0 saturated heterocycles. The lowest BCUT2D eigenvalue weighted by atomic mass is 10.1. The minimum absolute atomic E-state index is 0.726. The average molecular weight is 580 g/mol. The van der Waals surface area contributed by atoms with Crippen LogP contribution in [0.3, 0.4) is 0 Å². The molecule has 3 aromatic heterocycles. The van der Waals surface area contributed by atoms with Crippen molar-refractivity contribution >= 4 is 53.3 Å². The number of aromatic nitrogens is 3. The Bertz CT molecular complexity index is 2490. The Morgan fingerprint density at radius 2 is 1.25 bits per heavy atom. The number of hydrogen-bond acceptors (Lipinski definition) is 3. The number of fused-ring (bicyclic) bond motifs is 7. The highest BCUT2D eigenvalue weighted by Gasteiger charge is 2.19. The van der Waals surface area contributed by atoms with Crippen molar-refractivity contribution in [1.29, 1.82) is 0 Å². The molecule has 0 amide bonds. The standard InChI is InChI=1S/C40H25N3S/c1-3-10-26(11-4-1)28-14-9-15-30(24-28)43-35-20-18-29(40-41-23-22-34(42-40)27-12-5-2-6-13-27)25-33(35)38-36(43)21-19-32-31-16-7-8-17-37(31)44-39(32)38/h1-25H. The minimum Gasteiger partial charge on any atom is -0.309 e. The number of thiophene rings is 1. The predicted molar refractivity (Wildman–Crippen MR) is 186 cm³/mol. The summed E-state index contributed by atoms with van der Waals surface area (Å²) in [6.45, 7) is 0. The first-order chi connectivity index (χ1) is 21.8. The van der Waals surface area contributed by atoms with Crippen molar-refractivity contribution < 1.29 is 0 Å². The van der Waals surface area contributed by atoms with Crippen LogP contribution >= 0.6 is 11.3 Å². The lowest BCUT2D eigenvalue weighted by Crippen LogP contribution is -1.95. The summed E-state index contributed by atoms with van der Waals surface area (Å²) in [5.41, 5.74) is 8.91. The highest BCUT2D eigenvalue weighted by Crippen LogP contribution is 2.44.